The number of anilines is 1. The van der Waals surface area contributed by atoms with Gasteiger partial charge in [-0.2, -0.15) is 0 Å². The number of urea groups is 1. The Hall–Kier alpha value is -1.26. The predicted molar refractivity (Wildman–Crippen MR) is 69.7 cm³/mol. The number of carbonyl (C=O) groups excluding carboxylic acids is 1. The van der Waals surface area contributed by atoms with E-state index >= 15 is 0 Å². The van der Waals surface area contributed by atoms with Crippen LogP contribution in [0.15, 0.2) is 18.2 Å². The first kappa shape index (κ1) is 13.8. The first-order valence-corrected chi connectivity index (χ1v) is 5.73. The zero-order valence-electron chi connectivity index (χ0n) is 10.2. The van der Waals surface area contributed by atoms with E-state index in [0.717, 1.165) is 5.56 Å². The van der Waals surface area contributed by atoms with Crippen LogP contribution in [0.3, 0.4) is 0 Å². The van der Waals surface area contributed by atoms with Crippen molar-refractivity contribution in [3.8, 4) is 0 Å². The van der Waals surface area contributed by atoms with E-state index in [2.05, 4.69) is 10.6 Å². The quantitative estimate of drug-likeness (QED) is 0.870. The van der Waals surface area contributed by atoms with Crippen molar-refractivity contribution in [1.29, 1.82) is 0 Å². The molecular weight excluding hydrogens is 240 g/mol. The van der Waals surface area contributed by atoms with Gasteiger partial charge in [-0.15, -0.1) is 0 Å². The first-order valence-electron chi connectivity index (χ1n) is 5.35. The number of methoxy groups -OCH3 is 1. The second-order valence-electron chi connectivity index (χ2n) is 3.91. The van der Waals surface area contributed by atoms with Gasteiger partial charge >= 0.3 is 6.03 Å². The zero-order valence-corrected chi connectivity index (χ0v) is 11.0. The molecule has 1 atom stereocenters. The molecule has 1 aromatic carbocycles. The molecule has 0 aromatic heterocycles. The molecule has 1 rings (SSSR count). The average molecular weight is 257 g/mol. The van der Waals surface area contributed by atoms with Crippen LogP contribution in [0.5, 0.6) is 0 Å². The molecule has 2 N–H and O–H groups in total. The van der Waals surface area contributed by atoms with Gasteiger partial charge in [0.25, 0.3) is 0 Å². The number of aryl methyl sites for hydroxylation is 1. The summed E-state index contributed by atoms with van der Waals surface area (Å²) in [4.78, 5) is 11.6. The Kier molecular flexibility index (Phi) is 5.25. The second-order valence-corrected chi connectivity index (χ2v) is 4.35. The number of hydrogen-bond acceptors (Lipinski definition) is 2. The zero-order chi connectivity index (χ0) is 12.8. The molecule has 0 aliphatic rings. The standard InChI is InChI=1S/C12H17ClN2O2/c1-8-4-5-10(13)6-11(8)15-12(16)14-9(2)7-17-3/h4-6,9H,7H2,1-3H3,(H2,14,15,16). The van der Waals surface area contributed by atoms with Gasteiger partial charge in [0.2, 0.25) is 0 Å². The fourth-order valence-electron chi connectivity index (χ4n) is 1.40. The number of carbonyl (C=O) groups is 1. The van der Waals surface area contributed by atoms with Crippen LogP contribution in [-0.4, -0.2) is 25.8 Å². The molecule has 5 heteroatoms. The normalized spacial score (nSPS) is 12.0. The largest absolute Gasteiger partial charge is 0.383 e. The van der Waals surface area contributed by atoms with Gasteiger partial charge in [-0.3, -0.25) is 0 Å². The molecule has 0 spiro atoms. The molecule has 0 radical (unpaired) electrons. The maximum absolute atomic E-state index is 11.6. The Bertz CT molecular complexity index is 396. The van der Waals surface area contributed by atoms with E-state index in [4.69, 9.17) is 16.3 Å². The SMILES string of the molecule is COCC(C)NC(=O)Nc1cc(Cl)ccc1C. The highest BCUT2D eigenvalue weighted by Crippen LogP contribution is 2.19. The van der Waals surface area contributed by atoms with Crippen LogP contribution in [0.25, 0.3) is 0 Å². The number of amides is 2. The number of nitrogens with one attached hydrogen (secondary N) is 2. The number of benzene rings is 1. The number of ether oxygens (including phenoxy) is 1. The van der Waals surface area contributed by atoms with E-state index in [9.17, 15) is 4.79 Å². The fraction of sp³-hybridized carbons (Fsp3) is 0.417. The minimum atomic E-state index is -0.264. The van der Waals surface area contributed by atoms with Crippen molar-refractivity contribution >= 4 is 23.3 Å². The summed E-state index contributed by atoms with van der Waals surface area (Å²) in [5.41, 5.74) is 1.67. The van der Waals surface area contributed by atoms with Gasteiger partial charge in [0, 0.05) is 17.8 Å². The third-order valence-corrected chi connectivity index (χ3v) is 2.48. The molecule has 0 heterocycles. The maximum Gasteiger partial charge on any atom is 0.319 e. The van der Waals surface area contributed by atoms with Crippen LogP contribution in [0, 0.1) is 6.92 Å². The predicted octanol–water partition coefficient (Wildman–Crippen LogP) is 2.80. The number of hydrogen-bond donors (Lipinski definition) is 2. The molecule has 4 nitrogen and oxygen atoms in total. The van der Waals surface area contributed by atoms with Crippen molar-refractivity contribution in [2.75, 3.05) is 19.0 Å². The third-order valence-electron chi connectivity index (χ3n) is 2.24. The molecule has 94 valence electrons. The van der Waals surface area contributed by atoms with E-state index in [1.54, 1.807) is 19.2 Å². The van der Waals surface area contributed by atoms with Crippen LogP contribution < -0.4 is 10.6 Å². The summed E-state index contributed by atoms with van der Waals surface area (Å²) < 4.78 is 4.93. The lowest BCUT2D eigenvalue weighted by Gasteiger charge is -2.14. The summed E-state index contributed by atoms with van der Waals surface area (Å²) in [5.74, 6) is 0. The molecule has 0 bridgehead atoms. The van der Waals surface area contributed by atoms with E-state index in [1.807, 2.05) is 19.9 Å². The van der Waals surface area contributed by atoms with Crippen molar-refractivity contribution in [2.24, 2.45) is 0 Å². The molecule has 1 aromatic rings. The summed E-state index contributed by atoms with van der Waals surface area (Å²) >= 11 is 5.86. The maximum atomic E-state index is 11.6. The third kappa shape index (κ3) is 4.63. The molecule has 0 saturated carbocycles. The van der Waals surface area contributed by atoms with Gasteiger partial charge in [0.05, 0.1) is 12.6 Å². The van der Waals surface area contributed by atoms with Crippen LogP contribution >= 0.6 is 11.6 Å². The minimum Gasteiger partial charge on any atom is -0.383 e. The van der Waals surface area contributed by atoms with Crippen LogP contribution in [0.2, 0.25) is 5.02 Å². The summed E-state index contributed by atoms with van der Waals surface area (Å²) in [6, 6.07) is 5.06. The highest BCUT2D eigenvalue weighted by Gasteiger charge is 2.08. The highest BCUT2D eigenvalue weighted by atomic mass is 35.5. The van der Waals surface area contributed by atoms with Crippen LogP contribution in [-0.2, 0) is 4.74 Å². The van der Waals surface area contributed by atoms with Crippen molar-refractivity contribution in [3.05, 3.63) is 28.8 Å². The van der Waals surface area contributed by atoms with Crippen molar-refractivity contribution in [3.63, 3.8) is 0 Å². The fourth-order valence-corrected chi connectivity index (χ4v) is 1.57. The molecule has 2 amide bonds. The molecule has 17 heavy (non-hydrogen) atoms. The lowest BCUT2D eigenvalue weighted by Crippen LogP contribution is -2.38. The van der Waals surface area contributed by atoms with Gasteiger partial charge in [-0.25, -0.2) is 4.79 Å². The van der Waals surface area contributed by atoms with E-state index in [-0.39, 0.29) is 12.1 Å². The van der Waals surface area contributed by atoms with Crippen molar-refractivity contribution in [2.45, 2.75) is 19.9 Å². The summed E-state index contributed by atoms with van der Waals surface area (Å²) in [6.07, 6.45) is 0. The molecule has 1 unspecified atom stereocenters. The molecule has 0 aliphatic heterocycles. The van der Waals surface area contributed by atoms with Crippen molar-refractivity contribution in [1.82, 2.24) is 5.32 Å². The average Bonchev–Trinajstić information content (AvgIpc) is 2.23. The van der Waals surface area contributed by atoms with E-state index < -0.39 is 0 Å². The molecule has 0 fully saturated rings. The lowest BCUT2D eigenvalue weighted by atomic mass is 10.2. The number of rotatable bonds is 4. The highest BCUT2D eigenvalue weighted by molar-refractivity contribution is 6.31. The van der Waals surface area contributed by atoms with Crippen LogP contribution in [0.1, 0.15) is 12.5 Å². The van der Waals surface area contributed by atoms with Crippen LogP contribution in [0.4, 0.5) is 10.5 Å². The Labute approximate surface area is 106 Å². The van der Waals surface area contributed by atoms with Gasteiger partial charge in [0.1, 0.15) is 0 Å². The van der Waals surface area contributed by atoms with Gasteiger partial charge in [0.15, 0.2) is 0 Å². The smallest absolute Gasteiger partial charge is 0.319 e. The lowest BCUT2D eigenvalue weighted by molar-refractivity contribution is 0.173. The van der Waals surface area contributed by atoms with Gasteiger partial charge < -0.3 is 15.4 Å². The summed E-state index contributed by atoms with van der Waals surface area (Å²) in [6.45, 7) is 4.25. The van der Waals surface area contributed by atoms with Gasteiger partial charge in [-0.1, -0.05) is 17.7 Å². The Morgan fingerprint density at radius 2 is 2.24 bits per heavy atom. The molecule has 0 aliphatic carbocycles. The van der Waals surface area contributed by atoms with Crippen molar-refractivity contribution < 1.29 is 9.53 Å². The van der Waals surface area contributed by atoms with E-state index in [1.165, 1.54) is 0 Å². The topological polar surface area (TPSA) is 50.4 Å². The summed E-state index contributed by atoms with van der Waals surface area (Å²) in [7, 11) is 1.59. The minimum absolute atomic E-state index is 0.0421. The van der Waals surface area contributed by atoms with E-state index in [0.29, 0.717) is 17.3 Å². The molecular formula is C12H17ClN2O2. The Balaban J connectivity index is 2.58. The molecule has 0 saturated heterocycles. The Morgan fingerprint density at radius 3 is 2.88 bits per heavy atom. The number of halogens is 1. The van der Waals surface area contributed by atoms with Gasteiger partial charge in [-0.05, 0) is 31.5 Å². The Morgan fingerprint density at radius 1 is 1.53 bits per heavy atom. The second kappa shape index (κ2) is 6.47. The monoisotopic (exact) mass is 256 g/mol. The summed E-state index contributed by atoms with van der Waals surface area (Å²) in [5, 5.41) is 6.10. The first-order chi connectivity index (χ1) is 8.02.